The van der Waals surface area contributed by atoms with Gasteiger partial charge in [0.15, 0.2) is 0 Å². The zero-order valence-corrected chi connectivity index (χ0v) is 17.3. The van der Waals surface area contributed by atoms with Crippen LogP contribution in [0.5, 0.6) is 0 Å². The second-order valence-electron chi connectivity index (χ2n) is 9.97. The molecule has 3 aliphatic carbocycles. The summed E-state index contributed by atoms with van der Waals surface area (Å²) in [5, 5.41) is 12.0. The molecule has 0 spiro atoms. The standard InChI is InChI=1S/C23H35NO3/c1-6-21(3)13-10-17-16(14-21)8-9-18-22(17,4)11-7-12-23(18,5)20(27)24-15(2)19(25)26/h6,10,15-16,18H,1,7-9,11-14H2,2-5H3,(H,24,27)(H,25,26). The van der Waals surface area contributed by atoms with Gasteiger partial charge in [0.1, 0.15) is 6.04 Å². The number of aliphatic carboxylic acids is 1. The van der Waals surface area contributed by atoms with Crippen LogP contribution in [0.15, 0.2) is 24.3 Å². The van der Waals surface area contributed by atoms with E-state index in [1.165, 1.54) is 0 Å². The second kappa shape index (κ2) is 6.79. The van der Waals surface area contributed by atoms with Crippen molar-refractivity contribution in [1.29, 1.82) is 0 Å². The van der Waals surface area contributed by atoms with Crippen LogP contribution in [0.4, 0.5) is 0 Å². The number of hydrogen-bond donors (Lipinski definition) is 2. The van der Waals surface area contributed by atoms with E-state index in [0.29, 0.717) is 5.92 Å². The first kappa shape index (κ1) is 20.2. The quantitative estimate of drug-likeness (QED) is 0.701. The third-order valence-corrected chi connectivity index (χ3v) is 8.06. The van der Waals surface area contributed by atoms with E-state index in [4.69, 9.17) is 0 Å². The van der Waals surface area contributed by atoms with E-state index in [1.54, 1.807) is 12.5 Å². The van der Waals surface area contributed by atoms with Crippen LogP contribution in [-0.4, -0.2) is 23.0 Å². The Morgan fingerprint density at radius 1 is 1.30 bits per heavy atom. The molecule has 2 saturated carbocycles. The Balaban J connectivity index is 1.90. The van der Waals surface area contributed by atoms with Gasteiger partial charge in [0, 0.05) is 0 Å². The Bertz CT molecular complexity index is 683. The summed E-state index contributed by atoms with van der Waals surface area (Å²) >= 11 is 0. The molecule has 3 aliphatic rings. The van der Waals surface area contributed by atoms with Crippen molar-refractivity contribution < 1.29 is 14.7 Å². The summed E-state index contributed by atoms with van der Waals surface area (Å²) in [5.41, 5.74) is 1.29. The fourth-order valence-electron chi connectivity index (χ4n) is 6.31. The van der Waals surface area contributed by atoms with E-state index in [9.17, 15) is 14.7 Å². The van der Waals surface area contributed by atoms with Crippen LogP contribution in [-0.2, 0) is 9.59 Å². The highest BCUT2D eigenvalue weighted by Crippen LogP contribution is 2.63. The topological polar surface area (TPSA) is 66.4 Å². The molecule has 4 heteroatoms. The highest BCUT2D eigenvalue weighted by molar-refractivity contribution is 5.87. The fraction of sp³-hybridized carbons (Fsp3) is 0.739. The van der Waals surface area contributed by atoms with Crippen LogP contribution < -0.4 is 5.32 Å². The Morgan fingerprint density at radius 3 is 2.63 bits per heavy atom. The van der Waals surface area contributed by atoms with E-state index in [-0.39, 0.29) is 22.7 Å². The average Bonchev–Trinajstić information content (AvgIpc) is 2.61. The molecule has 0 aromatic rings. The number of carbonyl (C=O) groups is 2. The number of rotatable bonds is 4. The molecule has 0 bridgehead atoms. The van der Waals surface area contributed by atoms with Crippen molar-refractivity contribution in [2.45, 2.75) is 78.7 Å². The van der Waals surface area contributed by atoms with Crippen LogP contribution >= 0.6 is 0 Å². The lowest BCUT2D eigenvalue weighted by Crippen LogP contribution is -2.57. The molecule has 1 amide bonds. The van der Waals surface area contributed by atoms with Crippen molar-refractivity contribution in [1.82, 2.24) is 5.32 Å². The van der Waals surface area contributed by atoms with Gasteiger partial charge in [0.25, 0.3) is 0 Å². The fourth-order valence-corrected chi connectivity index (χ4v) is 6.31. The number of hydrogen-bond acceptors (Lipinski definition) is 2. The first-order valence-electron chi connectivity index (χ1n) is 10.4. The van der Waals surface area contributed by atoms with Gasteiger partial charge >= 0.3 is 5.97 Å². The minimum atomic E-state index is -0.979. The summed E-state index contributed by atoms with van der Waals surface area (Å²) < 4.78 is 0. The number of nitrogens with one attached hydrogen (secondary N) is 1. The molecule has 150 valence electrons. The monoisotopic (exact) mass is 373 g/mol. The lowest BCUT2D eigenvalue weighted by Gasteiger charge is -2.58. The lowest BCUT2D eigenvalue weighted by atomic mass is 9.46. The van der Waals surface area contributed by atoms with E-state index in [1.807, 2.05) is 0 Å². The minimum Gasteiger partial charge on any atom is -0.480 e. The van der Waals surface area contributed by atoms with Crippen LogP contribution in [0.1, 0.15) is 72.6 Å². The van der Waals surface area contributed by atoms with Gasteiger partial charge in [-0.05, 0) is 68.1 Å². The number of carbonyl (C=O) groups excluding carboxylic acids is 1. The van der Waals surface area contributed by atoms with Crippen LogP contribution in [0.2, 0.25) is 0 Å². The number of fused-ring (bicyclic) bond motifs is 3. The average molecular weight is 374 g/mol. The van der Waals surface area contributed by atoms with Crippen molar-refractivity contribution in [2.75, 3.05) is 0 Å². The van der Waals surface area contributed by atoms with Gasteiger partial charge in [-0.3, -0.25) is 9.59 Å². The summed E-state index contributed by atoms with van der Waals surface area (Å²) in [6.45, 7) is 12.3. The highest BCUT2D eigenvalue weighted by Gasteiger charge is 2.57. The summed E-state index contributed by atoms with van der Waals surface area (Å²) in [5.74, 6) is -0.200. The molecule has 0 aromatic heterocycles. The lowest BCUT2D eigenvalue weighted by molar-refractivity contribution is -0.148. The first-order valence-corrected chi connectivity index (χ1v) is 10.4. The van der Waals surface area contributed by atoms with E-state index in [2.05, 4.69) is 44.8 Å². The molecular weight excluding hydrogens is 338 g/mol. The van der Waals surface area contributed by atoms with Crippen molar-refractivity contribution in [3.63, 3.8) is 0 Å². The maximum absolute atomic E-state index is 13.1. The molecule has 0 aliphatic heterocycles. The van der Waals surface area contributed by atoms with Gasteiger partial charge < -0.3 is 10.4 Å². The van der Waals surface area contributed by atoms with Gasteiger partial charge in [-0.1, -0.05) is 44.9 Å². The summed E-state index contributed by atoms with van der Waals surface area (Å²) in [6.07, 6.45) is 11.9. The smallest absolute Gasteiger partial charge is 0.325 e. The van der Waals surface area contributed by atoms with E-state index >= 15 is 0 Å². The van der Waals surface area contributed by atoms with Crippen molar-refractivity contribution in [2.24, 2.45) is 28.1 Å². The summed E-state index contributed by atoms with van der Waals surface area (Å²) in [6, 6.07) is -0.846. The largest absolute Gasteiger partial charge is 0.480 e. The second-order valence-corrected chi connectivity index (χ2v) is 9.97. The Kier molecular flexibility index (Phi) is 5.07. The number of allylic oxidation sites excluding steroid dienone is 3. The zero-order chi connectivity index (χ0) is 20.0. The number of carboxylic acids is 1. The first-order chi connectivity index (χ1) is 12.6. The Hall–Kier alpha value is -1.58. The Labute approximate surface area is 163 Å². The van der Waals surface area contributed by atoms with Crippen LogP contribution in [0.25, 0.3) is 0 Å². The molecule has 0 radical (unpaired) electrons. The normalized spacial score (nSPS) is 42.1. The molecule has 4 nitrogen and oxygen atoms in total. The van der Waals surface area contributed by atoms with Gasteiger partial charge in [-0.25, -0.2) is 0 Å². The molecule has 0 saturated heterocycles. The highest BCUT2D eigenvalue weighted by atomic mass is 16.4. The van der Waals surface area contributed by atoms with E-state index in [0.717, 1.165) is 44.9 Å². The molecule has 27 heavy (non-hydrogen) atoms. The summed E-state index contributed by atoms with van der Waals surface area (Å²) in [4.78, 5) is 24.3. The predicted molar refractivity (Wildman–Crippen MR) is 107 cm³/mol. The SMILES string of the molecule is C=CC1(C)CC=C2C(CCC3C(C)(C(=O)NC(C)C(=O)O)CCCC23C)C1. The molecule has 0 heterocycles. The van der Waals surface area contributed by atoms with Crippen molar-refractivity contribution in [3.8, 4) is 0 Å². The molecule has 0 aromatic carbocycles. The summed E-state index contributed by atoms with van der Waals surface area (Å²) in [7, 11) is 0. The third kappa shape index (κ3) is 3.25. The van der Waals surface area contributed by atoms with Crippen molar-refractivity contribution >= 4 is 11.9 Å². The zero-order valence-electron chi connectivity index (χ0n) is 17.3. The predicted octanol–water partition coefficient (Wildman–Crippen LogP) is 4.71. The molecule has 2 fully saturated rings. The molecular formula is C23H35NO3. The van der Waals surface area contributed by atoms with E-state index < -0.39 is 17.4 Å². The molecule has 6 unspecified atom stereocenters. The van der Waals surface area contributed by atoms with Crippen LogP contribution in [0, 0.1) is 28.1 Å². The minimum absolute atomic E-state index is 0.0439. The van der Waals surface area contributed by atoms with Gasteiger partial charge in [0.2, 0.25) is 5.91 Å². The van der Waals surface area contributed by atoms with Crippen molar-refractivity contribution in [3.05, 3.63) is 24.3 Å². The third-order valence-electron chi connectivity index (χ3n) is 8.06. The molecule has 6 atom stereocenters. The molecule has 2 N–H and O–H groups in total. The van der Waals surface area contributed by atoms with Gasteiger partial charge in [0.05, 0.1) is 5.41 Å². The van der Waals surface area contributed by atoms with Gasteiger partial charge in [-0.2, -0.15) is 0 Å². The molecule has 3 rings (SSSR count). The number of carboxylic acid groups (broad SMARTS) is 1. The Morgan fingerprint density at radius 2 is 2.00 bits per heavy atom. The van der Waals surface area contributed by atoms with Gasteiger partial charge in [-0.15, -0.1) is 6.58 Å². The maximum atomic E-state index is 13.1. The maximum Gasteiger partial charge on any atom is 0.325 e. The van der Waals surface area contributed by atoms with Crippen LogP contribution in [0.3, 0.4) is 0 Å². The number of amides is 1.